The smallest absolute Gasteiger partial charge is 0.363 e. The van der Waals surface area contributed by atoms with Gasteiger partial charge in [0.1, 0.15) is 0 Å². The quantitative estimate of drug-likeness (QED) is 0.586. The molecule has 0 fully saturated rings. The average molecular weight is 378 g/mol. The van der Waals surface area contributed by atoms with Gasteiger partial charge in [0, 0.05) is 0 Å². The lowest BCUT2D eigenvalue weighted by Gasteiger charge is -2.10. The van der Waals surface area contributed by atoms with E-state index in [1.807, 2.05) is 0 Å². The largest absolute Gasteiger partial charge is 0.493 e. The Morgan fingerprint density at radius 2 is 1.84 bits per heavy atom. The second kappa shape index (κ2) is 7.17. The van der Waals surface area contributed by atoms with Crippen LogP contribution in [-0.4, -0.2) is 26.1 Å². The number of esters is 1. The first-order chi connectivity index (χ1) is 12.0. The zero-order valence-electron chi connectivity index (χ0n) is 13.4. The van der Waals surface area contributed by atoms with Crippen molar-refractivity contribution in [3.63, 3.8) is 0 Å². The van der Waals surface area contributed by atoms with Crippen LogP contribution >= 0.6 is 23.2 Å². The predicted molar refractivity (Wildman–Crippen MR) is 96.6 cm³/mol. The van der Waals surface area contributed by atoms with Crippen LogP contribution in [0.15, 0.2) is 47.1 Å². The second-order valence-corrected chi connectivity index (χ2v) is 5.87. The summed E-state index contributed by atoms with van der Waals surface area (Å²) in [7, 11) is 3.00. The van der Waals surface area contributed by atoms with Crippen molar-refractivity contribution in [3.05, 3.63) is 63.3 Å². The summed E-state index contributed by atoms with van der Waals surface area (Å²) < 4.78 is 15.7. The summed E-state index contributed by atoms with van der Waals surface area (Å²) in [6, 6.07) is 10.3. The van der Waals surface area contributed by atoms with E-state index in [0.29, 0.717) is 32.7 Å². The SMILES string of the molecule is COc1cc(/C=C2\N=C(c3ccccc3Cl)OC2=O)cc(Cl)c1OC. The van der Waals surface area contributed by atoms with Crippen molar-refractivity contribution in [2.45, 2.75) is 0 Å². The fourth-order valence-corrected chi connectivity index (χ4v) is 2.85. The lowest BCUT2D eigenvalue weighted by Crippen LogP contribution is -2.05. The zero-order chi connectivity index (χ0) is 18.0. The molecule has 2 aromatic rings. The maximum atomic E-state index is 12.1. The van der Waals surface area contributed by atoms with Crippen LogP contribution < -0.4 is 9.47 Å². The number of methoxy groups -OCH3 is 2. The monoisotopic (exact) mass is 377 g/mol. The molecule has 3 rings (SSSR count). The third-order valence-electron chi connectivity index (χ3n) is 3.48. The first-order valence-electron chi connectivity index (χ1n) is 7.22. The van der Waals surface area contributed by atoms with Crippen molar-refractivity contribution in [3.8, 4) is 11.5 Å². The van der Waals surface area contributed by atoms with E-state index in [0.717, 1.165) is 0 Å². The molecule has 1 heterocycles. The van der Waals surface area contributed by atoms with Crippen LogP contribution in [-0.2, 0) is 9.53 Å². The molecule has 0 atom stereocenters. The Labute approximate surface area is 154 Å². The normalized spacial score (nSPS) is 15.1. The lowest BCUT2D eigenvalue weighted by atomic mass is 10.1. The topological polar surface area (TPSA) is 57.1 Å². The zero-order valence-corrected chi connectivity index (χ0v) is 14.9. The van der Waals surface area contributed by atoms with Crippen molar-refractivity contribution in [2.75, 3.05) is 14.2 Å². The number of halogens is 2. The summed E-state index contributed by atoms with van der Waals surface area (Å²) in [5.41, 5.74) is 1.31. The first kappa shape index (κ1) is 17.3. The molecule has 0 saturated carbocycles. The second-order valence-electron chi connectivity index (χ2n) is 5.05. The maximum absolute atomic E-state index is 12.1. The maximum Gasteiger partial charge on any atom is 0.363 e. The lowest BCUT2D eigenvalue weighted by molar-refractivity contribution is -0.129. The highest BCUT2D eigenvalue weighted by molar-refractivity contribution is 6.34. The predicted octanol–water partition coefficient (Wildman–Crippen LogP) is 4.36. The minimum absolute atomic E-state index is 0.137. The molecule has 0 bridgehead atoms. The molecule has 0 saturated heterocycles. The van der Waals surface area contributed by atoms with Crippen LogP contribution in [0.5, 0.6) is 11.5 Å². The van der Waals surface area contributed by atoms with Gasteiger partial charge >= 0.3 is 5.97 Å². The summed E-state index contributed by atoms with van der Waals surface area (Å²) in [6.45, 7) is 0. The van der Waals surface area contributed by atoms with Gasteiger partial charge in [-0.15, -0.1) is 0 Å². The van der Waals surface area contributed by atoms with E-state index in [1.165, 1.54) is 14.2 Å². The van der Waals surface area contributed by atoms with E-state index >= 15 is 0 Å². The summed E-state index contributed by atoms with van der Waals surface area (Å²) in [4.78, 5) is 16.3. The Morgan fingerprint density at radius 1 is 1.08 bits per heavy atom. The number of cyclic esters (lactones) is 1. The van der Waals surface area contributed by atoms with Gasteiger partial charge in [0.05, 0.1) is 29.8 Å². The number of hydrogen-bond donors (Lipinski definition) is 0. The molecular formula is C18H13Cl2NO4. The fraction of sp³-hybridized carbons (Fsp3) is 0.111. The number of carbonyl (C=O) groups excluding carboxylic acids is 1. The number of ether oxygens (including phenoxy) is 3. The van der Waals surface area contributed by atoms with Crippen molar-refractivity contribution < 1.29 is 19.0 Å². The molecule has 1 aliphatic rings. The van der Waals surface area contributed by atoms with Crippen molar-refractivity contribution in [1.82, 2.24) is 0 Å². The number of benzene rings is 2. The number of carbonyl (C=O) groups is 1. The molecule has 1 aliphatic heterocycles. The van der Waals surface area contributed by atoms with E-state index in [-0.39, 0.29) is 11.6 Å². The average Bonchev–Trinajstić information content (AvgIpc) is 2.95. The number of aliphatic imine (C=N–C) groups is 1. The number of rotatable bonds is 4. The van der Waals surface area contributed by atoms with Gasteiger partial charge in [-0.25, -0.2) is 9.79 Å². The van der Waals surface area contributed by atoms with Crippen LogP contribution in [0.1, 0.15) is 11.1 Å². The van der Waals surface area contributed by atoms with E-state index < -0.39 is 5.97 Å². The molecule has 25 heavy (non-hydrogen) atoms. The standard InChI is InChI=1S/C18H13Cl2NO4/c1-23-15-9-10(7-13(20)16(15)24-2)8-14-18(22)25-17(21-14)11-5-3-4-6-12(11)19/h3-9H,1-2H3/b14-8-. The fourth-order valence-electron chi connectivity index (χ4n) is 2.34. The highest BCUT2D eigenvalue weighted by Gasteiger charge is 2.25. The highest BCUT2D eigenvalue weighted by atomic mass is 35.5. The van der Waals surface area contributed by atoms with Gasteiger partial charge in [-0.3, -0.25) is 0 Å². The minimum atomic E-state index is -0.569. The van der Waals surface area contributed by atoms with Gasteiger partial charge < -0.3 is 14.2 Å². The van der Waals surface area contributed by atoms with Crippen LogP contribution in [0, 0.1) is 0 Å². The van der Waals surface area contributed by atoms with Gasteiger partial charge in [-0.2, -0.15) is 0 Å². The Bertz CT molecular complexity index is 906. The summed E-state index contributed by atoms with van der Waals surface area (Å²) in [5, 5.41) is 0.805. The Morgan fingerprint density at radius 3 is 2.52 bits per heavy atom. The Balaban J connectivity index is 2.00. The molecule has 7 heteroatoms. The molecule has 0 aromatic heterocycles. The number of hydrogen-bond acceptors (Lipinski definition) is 5. The van der Waals surface area contributed by atoms with Gasteiger partial charge in [-0.05, 0) is 35.9 Å². The summed E-state index contributed by atoms with van der Waals surface area (Å²) in [6.07, 6.45) is 1.56. The number of nitrogens with zero attached hydrogens (tertiary/aromatic N) is 1. The minimum Gasteiger partial charge on any atom is -0.493 e. The van der Waals surface area contributed by atoms with Crippen molar-refractivity contribution in [1.29, 1.82) is 0 Å². The van der Waals surface area contributed by atoms with Crippen molar-refractivity contribution in [2.24, 2.45) is 4.99 Å². The molecule has 0 N–H and O–H groups in total. The molecule has 0 spiro atoms. The Kier molecular flexibility index (Phi) is 4.97. The van der Waals surface area contributed by atoms with Crippen LogP contribution in [0.3, 0.4) is 0 Å². The van der Waals surface area contributed by atoms with Crippen LogP contribution in [0.25, 0.3) is 6.08 Å². The molecule has 0 amide bonds. The van der Waals surface area contributed by atoms with Gasteiger partial charge in [0.2, 0.25) is 5.90 Å². The molecule has 0 aliphatic carbocycles. The molecular weight excluding hydrogens is 365 g/mol. The van der Waals surface area contributed by atoms with E-state index in [1.54, 1.807) is 42.5 Å². The molecule has 5 nitrogen and oxygen atoms in total. The first-order valence-corrected chi connectivity index (χ1v) is 7.98. The summed E-state index contributed by atoms with van der Waals surface area (Å²) >= 11 is 12.3. The van der Waals surface area contributed by atoms with Gasteiger partial charge in [-0.1, -0.05) is 35.3 Å². The Hall–Kier alpha value is -2.50. The molecule has 2 aromatic carbocycles. The van der Waals surface area contributed by atoms with E-state index in [2.05, 4.69) is 4.99 Å². The van der Waals surface area contributed by atoms with E-state index in [4.69, 9.17) is 37.4 Å². The summed E-state index contributed by atoms with van der Waals surface area (Å²) in [5.74, 6) is 0.457. The van der Waals surface area contributed by atoms with Gasteiger partial charge in [0.25, 0.3) is 0 Å². The van der Waals surface area contributed by atoms with Crippen molar-refractivity contribution >= 4 is 41.1 Å². The van der Waals surface area contributed by atoms with E-state index in [9.17, 15) is 4.79 Å². The van der Waals surface area contributed by atoms with Gasteiger partial charge in [0.15, 0.2) is 17.2 Å². The third kappa shape index (κ3) is 3.48. The highest BCUT2D eigenvalue weighted by Crippen LogP contribution is 2.37. The molecule has 0 unspecified atom stereocenters. The molecule has 0 radical (unpaired) electrons. The van der Waals surface area contributed by atoms with Crippen LogP contribution in [0.4, 0.5) is 0 Å². The molecule has 128 valence electrons. The van der Waals surface area contributed by atoms with Crippen LogP contribution in [0.2, 0.25) is 10.0 Å². The third-order valence-corrected chi connectivity index (χ3v) is 4.09.